The maximum atomic E-state index is 12.8. The fourth-order valence-corrected chi connectivity index (χ4v) is 14.2. The number of phenolic OH excluding ortho intramolecular Hbond substituents is 3. The van der Waals surface area contributed by atoms with E-state index < -0.39 is 121 Å². The Morgan fingerprint density at radius 1 is 0.515 bits per heavy atom. The van der Waals surface area contributed by atoms with E-state index in [2.05, 4.69) is 40.7 Å². The Balaban J connectivity index is 0.000000349. The number of hydrogen-bond donors (Lipinski definition) is 21. The number of aldehydes is 1. The van der Waals surface area contributed by atoms with E-state index in [-0.39, 0.29) is 107 Å². The van der Waals surface area contributed by atoms with Crippen LogP contribution in [0.4, 0.5) is 0 Å². The lowest BCUT2D eigenvalue weighted by Crippen LogP contribution is -2.62. The van der Waals surface area contributed by atoms with E-state index in [4.69, 9.17) is 71.0 Å². The first kappa shape index (κ1) is 116. The van der Waals surface area contributed by atoms with Gasteiger partial charge in [0.05, 0.1) is 58.0 Å². The van der Waals surface area contributed by atoms with Gasteiger partial charge in [0.15, 0.2) is 30.2 Å². The molecule has 0 aliphatic carbocycles. The summed E-state index contributed by atoms with van der Waals surface area (Å²) in [7, 11) is 4.56. The maximum Gasteiger partial charge on any atom is 0.306 e. The highest BCUT2D eigenvalue weighted by atomic mass is 79.9. The summed E-state index contributed by atoms with van der Waals surface area (Å²) < 4.78 is 43.8. The summed E-state index contributed by atoms with van der Waals surface area (Å²) in [4.78, 5) is 23.3. The van der Waals surface area contributed by atoms with E-state index in [1.54, 1.807) is 68.6 Å². The number of carbonyl (C=O) groups excluding carboxylic acids is 2. The number of methoxy groups -OCH3 is 3. The first-order chi connectivity index (χ1) is 62.7. The van der Waals surface area contributed by atoms with Gasteiger partial charge in [0.25, 0.3) is 0 Å². The van der Waals surface area contributed by atoms with Crippen molar-refractivity contribution in [1.29, 1.82) is 0 Å². The number of benzene rings is 8. The molecule has 732 valence electrons. The van der Waals surface area contributed by atoms with Gasteiger partial charge in [-0.1, -0.05) is 201 Å². The predicted octanol–water partition coefficient (Wildman–Crippen LogP) is 7.97. The van der Waals surface area contributed by atoms with Gasteiger partial charge in [-0.25, -0.2) is 0 Å². The van der Waals surface area contributed by atoms with Crippen LogP contribution >= 0.6 is 15.9 Å². The number of ether oxygens (including phenoxy) is 8. The van der Waals surface area contributed by atoms with E-state index in [9.17, 15) is 86.2 Å². The Kier molecular flexibility index (Phi) is 52.7. The maximum absolute atomic E-state index is 12.8. The molecule has 0 amide bonds. The van der Waals surface area contributed by atoms with Crippen molar-refractivity contribution in [3.05, 3.63) is 278 Å². The molecule has 32 heteroatoms. The van der Waals surface area contributed by atoms with Crippen molar-refractivity contribution in [2.75, 3.05) is 87.3 Å². The predicted molar refractivity (Wildman–Crippen MR) is 505 cm³/mol. The van der Waals surface area contributed by atoms with Crippen LogP contribution in [0.15, 0.2) is 205 Å². The number of carbonyl (C=O) groups is 2. The molecule has 2 aliphatic heterocycles. The number of aryl methyl sites for hydroxylation is 2. The summed E-state index contributed by atoms with van der Waals surface area (Å²) in [5.74, 6) is -1.16. The Hall–Kier alpha value is -8.48. The van der Waals surface area contributed by atoms with Crippen LogP contribution < -0.4 is 22.9 Å². The lowest BCUT2D eigenvalue weighted by molar-refractivity contribution is -0.330. The van der Waals surface area contributed by atoms with Gasteiger partial charge in [-0.2, -0.15) is 0 Å². The minimum atomic E-state index is -1.77. The minimum absolute atomic E-state index is 0.0108. The van der Waals surface area contributed by atoms with Crippen LogP contribution in [0.25, 0.3) is 0 Å². The van der Waals surface area contributed by atoms with Crippen molar-refractivity contribution in [3.8, 4) is 17.2 Å². The second-order valence-electron chi connectivity index (χ2n) is 32.9. The smallest absolute Gasteiger partial charge is 0.306 e. The Morgan fingerprint density at radius 3 is 1.45 bits per heavy atom. The highest BCUT2D eigenvalue weighted by Crippen LogP contribution is 2.35. The molecule has 31 nitrogen and oxygen atoms in total. The molecule has 10 rings (SSSR count). The summed E-state index contributed by atoms with van der Waals surface area (Å²) in [5.41, 5.74) is 31.0. The normalized spacial score (nSPS) is 20.9. The van der Waals surface area contributed by atoms with Gasteiger partial charge in [-0.3, -0.25) is 4.79 Å². The number of aliphatic hydroxyl groups is 14. The number of phenols is 3. The van der Waals surface area contributed by atoms with Crippen molar-refractivity contribution >= 4 is 28.2 Å². The fraction of sp³-hybridized carbons (Fsp3) is 0.480. The van der Waals surface area contributed by atoms with Crippen molar-refractivity contribution in [2.45, 2.75) is 220 Å². The van der Waals surface area contributed by atoms with Gasteiger partial charge >= 0.3 is 5.97 Å². The largest absolute Gasteiger partial charge is 0.508 e. The zero-order chi connectivity index (χ0) is 98.4. The number of hydrogen-bond acceptors (Lipinski definition) is 31. The average Bonchev–Trinajstić information content (AvgIpc) is 0.796. The van der Waals surface area contributed by atoms with Gasteiger partial charge < -0.3 is 152 Å². The SMILES string of the molecule is C=CCC(O)(COC)c1ccccc1.CC(CO)c1ccc(Br)cc1.CC(N)c1cc(C(C)N)cc(C(C)CO)c1.CCC(O)c1cc(CCN)cc(CCN)c1.COCC(O)(CC(O)CO)c1ccccc1.COCC(O)(CC=O)c1ccccc1.Cc1cc(CCC(=O)OC2[C@@H](CO[C@@H]3O[C@@H](C)[C@H](O)[C@@H](O)[C@@H]3O)OC(OCC(O)c3ccc(O)c(O)c3)[C@H](O)[C@H]2O)ccc1O. The third kappa shape index (κ3) is 38.0. The fourth-order valence-electron chi connectivity index (χ4n) is 14.0. The second-order valence-corrected chi connectivity index (χ2v) is 33.8. The zero-order valence-corrected chi connectivity index (χ0v) is 78.8. The van der Waals surface area contributed by atoms with Crippen molar-refractivity contribution in [1.82, 2.24) is 0 Å². The van der Waals surface area contributed by atoms with Crippen molar-refractivity contribution < 1.29 is 134 Å². The molecule has 2 fully saturated rings. The van der Waals surface area contributed by atoms with Crippen LogP contribution in [0, 0.1) is 6.92 Å². The Bertz CT molecular complexity index is 4440. The van der Waals surface area contributed by atoms with Gasteiger partial charge in [-0.05, 0) is 169 Å². The molecule has 0 radical (unpaired) electrons. The summed E-state index contributed by atoms with van der Waals surface area (Å²) in [6.07, 6.45) is -12.1. The van der Waals surface area contributed by atoms with Gasteiger partial charge in [0, 0.05) is 88.6 Å². The van der Waals surface area contributed by atoms with Crippen molar-refractivity contribution in [2.24, 2.45) is 22.9 Å². The molecule has 20 atom stereocenters. The number of halogens is 1. The highest BCUT2D eigenvalue weighted by molar-refractivity contribution is 9.10. The lowest BCUT2D eigenvalue weighted by Gasteiger charge is -2.43. The van der Waals surface area contributed by atoms with Gasteiger partial charge in [0.2, 0.25) is 0 Å². The summed E-state index contributed by atoms with van der Waals surface area (Å²) in [5, 5.41) is 169. The molecule has 0 saturated carbocycles. The first-order valence-electron chi connectivity index (χ1n) is 43.8. The third-order valence-electron chi connectivity index (χ3n) is 21.9. The number of aliphatic hydroxyl groups excluding tert-OH is 11. The Morgan fingerprint density at radius 2 is 0.985 bits per heavy atom. The molecule has 25 N–H and O–H groups in total. The quantitative estimate of drug-likeness (QED) is 0.00751. The van der Waals surface area contributed by atoms with Gasteiger partial charge in [-0.15, -0.1) is 6.58 Å². The van der Waals surface area contributed by atoms with E-state index in [1.165, 1.54) is 50.0 Å². The summed E-state index contributed by atoms with van der Waals surface area (Å²) >= 11 is 3.35. The molecule has 8 aromatic rings. The molecule has 0 spiro atoms. The van der Waals surface area contributed by atoms with E-state index >= 15 is 0 Å². The van der Waals surface area contributed by atoms with Crippen LogP contribution in [-0.4, -0.2) is 254 Å². The van der Waals surface area contributed by atoms with Crippen LogP contribution in [0.2, 0.25) is 0 Å². The standard InChI is InChI=1S/C30H40O15.2C13H22N2O.C12H18O4.C12H16O2.C11H14O3.C9H11BrO/c1-13-9-15(3-6-17(13)31)4-8-22(35)45-28-21(12-42-29-26(39)24(37)23(36)14(2)43-29)44-30(27(40)25(28)38)41-11-20(34)16-5-7-18(32)19(33)10-16;1-8(7-16)11-4-12(9(2)14)6-13(5-11)10(3)15;1-2-13(16)12-8-10(3-5-14)7-11(9-12)4-6-15;1-16-9-12(15,7-11(14)8-13)10-5-3-2-4-6-10;1-3-9-12(13,10-14-2)11-7-5-4-6-8-11;1-14-9-11(13,7-8-12)10-5-3-2-4-6-10;1-7(6-11)8-2-4-9(10)5-3-8/h3,5-7,9-10,14,20-21,23-34,36-40H,4,8,11-12H2,1-2H3;4-6,8-10,16H,7,14-15H2,1-3H3;7-9,13,16H,2-6,14-15H2,1H3;2-6,11,13-15H,7-9H2,1H3;3-8,13H,1,9-10H2,2H3;2-6,8,13H,7,9H2,1H3;2-5,7,11H,6H2,1H3/t14-,20?,21+,23-,24+,25+,26-,27+,28?,29+,30?;;;;;;/m0....../s1. The Labute approximate surface area is 783 Å². The molecular weight excluding hydrogens is 1770 g/mol. The summed E-state index contributed by atoms with van der Waals surface area (Å²) in [6.45, 7) is 17.4. The van der Waals surface area contributed by atoms with Crippen LogP contribution in [0.1, 0.15) is 182 Å². The lowest BCUT2D eigenvalue weighted by atomic mass is 9.89. The number of esters is 1. The molecule has 2 saturated heterocycles. The highest BCUT2D eigenvalue weighted by Gasteiger charge is 2.49. The van der Waals surface area contributed by atoms with E-state index in [1.807, 2.05) is 132 Å². The zero-order valence-electron chi connectivity index (χ0n) is 77.2. The molecule has 2 aliphatic rings. The molecule has 12 unspecified atom stereocenters. The molecule has 2 heterocycles. The monoisotopic (exact) mass is 1910 g/mol. The number of nitrogens with two attached hydrogens (primary N) is 4. The first-order valence-corrected chi connectivity index (χ1v) is 44.6. The number of rotatable bonds is 39. The van der Waals surface area contributed by atoms with Crippen LogP contribution in [0.5, 0.6) is 17.2 Å². The summed E-state index contributed by atoms with van der Waals surface area (Å²) in [6, 6.07) is 56.4. The molecule has 0 bridgehead atoms. The second kappa shape index (κ2) is 60.1. The molecular formula is C100H143BrN4O27. The minimum Gasteiger partial charge on any atom is -0.508 e. The molecule has 8 aromatic carbocycles. The average molecular weight is 1910 g/mol. The third-order valence-corrected chi connectivity index (χ3v) is 22.4. The van der Waals surface area contributed by atoms with Gasteiger partial charge in [0.1, 0.15) is 71.6 Å². The van der Waals surface area contributed by atoms with Crippen LogP contribution in [-0.2, 0) is 83.5 Å². The van der Waals surface area contributed by atoms with E-state index in [0.29, 0.717) is 42.5 Å². The topological polar surface area (TPSA) is 556 Å². The molecule has 132 heavy (non-hydrogen) atoms. The number of aromatic hydroxyl groups is 3. The van der Waals surface area contributed by atoms with Crippen molar-refractivity contribution in [3.63, 3.8) is 0 Å². The molecule has 0 aromatic heterocycles. The van der Waals surface area contributed by atoms with E-state index in [0.717, 1.165) is 69.2 Å². The van der Waals surface area contributed by atoms with Crippen LogP contribution in [0.3, 0.4) is 0 Å².